The Bertz CT molecular complexity index is 1490. The third kappa shape index (κ3) is 4.22. The molecule has 35 heavy (non-hydrogen) atoms. The molecule has 1 unspecified atom stereocenters. The lowest BCUT2D eigenvalue weighted by Gasteiger charge is -2.22. The van der Waals surface area contributed by atoms with Crippen LogP contribution in [-0.4, -0.2) is 11.0 Å². The van der Waals surface area contributed by atoms with Gasteiger partial charge in [-0.15, -0.1) is 0 Å². The zero-order valence-corrected chi connectivity index (χ0v) is 21.6. The smallest absolute Gasteiger partial charge is 0.248 e. The Hall–Kier alpha value is -3.55. The van der Waals surface area contributed by atoms with Gasteiger partial charge in [0.15, 0.2) is 0 Å². The van der Waals surface area contributed by atoms with E-state index in [0.717, 1.165) is 27.8 Å². The SMILES string of the molecule is Cc1cc(C)c(C(=O)P(=O)(C(=O)c2c(C)cccc2-c2ccccc2)c2ccccc2)c(C)c1C. The predicted octanol–water partition coefficient (Wildman–Crippen LogP) is 7.56. The zero-order chi connectivity index (χ0) is 25.3. The molecule has 1 atom stereocenters. The van der Waals surface area contributed by atoms with E-state index in [2.05, 4.69) is 0 Å². The lowest BCUT2D eigenvalue weighted by atomic mass is 9.95. The second-order valence-corrected chi connectivity index (χ2v) is 11.6. The number of benzene rings is 4. The molecule has 0 heterocycles. The highest BCUT2D eigenvalue weighted by molar-refractivity contribution is 8.01. The van der Waals surface area contributed by atoms with Crippen molar-refractivity contribution >= 4 is 23.5 Å². The monoisotopic (exact) mass is 480 g/mol. The lowest BCUT2D eigenvalue weighted by molar-refractivity contribution is 0.104. The summed E-state index contributed by atoms with van der Waals surface area (Å²) in [6.07, 6.45) is 0. The molecular weight excluding hydrogens is 451 g/mol. The minimum Gasteiger partial charge on any atom is -0.302 e. The summed E-state index contributed by atoms with van der Waals surface area (Å²) >= 11 is 0. The van der Waals surface area contributed by atoms with Gasteiger partial charge < -0.3 is 4.57 Å². The van der Waals surface area contributed by atoms with E-state index < -0.39 is 18.2 Å². The van der Waals surface area contributed by atoms with Gasteiger partial charge in [-0.1, -0.05) is 84.9 Å². The molecule has 0 aliphatic carbocycles. The second kappa shape index (κ2) is 9.60. The molecule has 0 aromatic heterocycles. The van der Waals surface area contributed by atoms with Gasteiger partial charge in [-0.05, 0) is 73.6 Å². The highest BCUT2D eigenvalue weighted by Crippen LogP contribution is 2.53. The molecule has 0 N–H and O–H groups in total. The summed E-state index contributed by atoms with van der Waals surface area (Å²) in [5, 5.41) is 0.259. The minimum atomic E-state index is -4.24. The number of rotatable bonds is 6. The molecule has 3 nitrogen and oxygen atoms in total. The van der Waals surface area contributed by atoms with E-state index in [0.29, 0.717) is 22.3 Å². The van der Waals surface area contributed by atoms with E-state index in [4.69, 9.17) is 0 Å². The molecule has 0 radical (unpaired) electrons. The largest absolute Gasteiger partial charge is 0.302 e. The first-order chi connectivity index (χ1) is 16.7. The standard InChI is InChI=1S/C31H29O3P/c1-20-13-12-18-27(25-14-8-6-9-15-25)29(20)31(33)35(34,26-16-10-7-11-17-26)30(32)28-22(3)19-21(2)23(4)24(28)5/h6-19H,1-5H3. The fourth-order valence-corrected chi connectivity index (χ4v) is 7.22. The first kappa shape index (κ1) is 24.6. The Balaban J connectivity index is 2.01. The maximum absolute atomic E-state index is 15.0. The number of aryl methyl sites for hydroxylation is 3. The Labute approximate surface area is 207 Å². The quantitative estimate of drug-likeness (QED) is 0.268. The Kier molecular flexibility index (Phi) is 6.74. The normalized spacial score (nSPS) is 12.7. The highest BCUT2D eigenvalue weighted by Gasteiger charge is 2.45. The van der Waals surface area contributed by atoms with Gasteiger partial charge in [-0.25, -0.2) is 0 Å². The molecular formula is C31H29O3P. The van der Waals surface area contributed by atoms with Crippen molar-refractivity contribution in [2.45, 2.75) is 34.6 Å². The molecule has 0 bridgehead atoms. The molecule has 0 saturated heterocycles. The van der Waals surface area contributed by atoms with Crippen LogP contribution in [0.3, 0.4) is 0 Å². The molecule has 0 fully saturated rings. The molecule has 0 aliphatic rings. The van der Waals surface area contributed by atoms with Gasteiger partial charge >= 0.3 is 0 Å². The number of carbonyl (C=O) groups excluding carboxylic acids is 2. The Morgan fingerprint density at radius 2 is 1.14 bits per heavy atom. The van der Waals surface area contributed by atoms with Crippen LogP contribution in [0.1, 0.15) is 48.5 Å². The van der Waals surface area contributed by atoms with E-state index in [1.54, 1.807) is 30.3 Å². The van der Waals surface area contributed by atoms with Gasteiger partial charge in [0.1, 0.15) is 0 Å². The summed E-state index contributed by atoms with van der Waals surface area (Å²) in [7, 11) is -4.24. The van der Waals surface area contributed by atoms with E-state index in [-0.39, 0.29) is 5.30 Å². The van der Waals surface area contributed by atoms with Crippen LogP contribution in [0.2, 0.25) is 0 Å². The molecule has 176 valence electrons. The van der Waals surface area contributed by atoms with Crippen molar-refractivity contribution in [2.75, 3.05) is 0 Å². The van der Waals surface area contributed by atoms with Crippen LogP contribution in [0, 0.1) is 34.6 Å². The fourth-order valence-electron chi connectivity index (χ4n) is 4.70. The summed E-state index contributed by atoms with van der Waals surface area (Å²) in [6, 6.07) is 25.5. The van der Waals surface area contributed by atoms with Crippen LogP contribution >= 0.6 is 7.14 Å². The van der Waals surface area contributed by atoms with Crippen molar-refractivity contribution in [3.8, 4) is 11.1 Å². The molecule has 4 heteroatoms. The minimum absolute atomic E-state index is 0.259. The number of hydrogen-bond donors (Lipinski definition) is 0. The van der Waals surface area contributed by atoms with Crippen LogP contribution in [0.5, 0.6) is 0 Å². The van der Waals surface area contributed by atoms with Crippen LogP contribution in [-0.2, 0) is 4.57 Å². The Morgan fingerprint density at radius 1 is 0.571 bits per heavy atom. The van der Waals surface area contributed by atoms with E-state index in [9.17, 15) is 14.2 Å². The van der Waals surface area contributed by atoms with Gasteiger partial charge in [0.2, 0.25) is 18.2 Å². The van der Waals surface area contributed by atoms with E-state index in [1.807, 2.05) is 89.2 Å². The third-order valence-electron chi connectivity index (χ3n) is 6.83. The maximum Gasteiger partial charge on any atom is 0.248 e. The molecule has 4 aromatic rings. The first-order valence-corrected chi connectivity index (χ1v) is 13.4. The highest BCUT2D eigenvalue weighted by atomic mass is 31.2. The Morgan fingerprint density at radius 3 is 1.77 bits per heavy atom. The van der Waals surface area contributed by atoms with Crippen LogP contribution < -0.4 is 5.30 Å². The average Bonchev–Trinajstić information content (AvgIpc) is 2.87. The molecule has 0 amide bonds. The summed E-state index contributed by atoms with van der Waals surface area (Å²) in [6.45, 7) is 9.48. The van der Waals surface area contributed by atoms with Crippen molar-refractivity contribution in [1.82, 2.24) is 0 Å². The van der Waals surface area contributed by atoms with Crippen molar-refractivity contribution in [3.63, 3.8) is 0 Å². The van der Waals surface area contributed by atoms with E-state index in [1.165, 1.54) is 0 Å². The number of carbonyl (C=O) groups is 2. The van der Waals surface area contributed by atoms with Crippen molar-refractivity contribution in [1.29, 1.82) is 0 Å². The summed E-state index contributed by atoms with van der Waals surface area (Å²) in [4.78, 5) is 28.6. The molecule has 0 aliphatic heterocycles. The van der Waals surface area contributed by atoms with Gasteiger partial charge in [-0.2, -0.15) is 0 Å². The van der Waals surface area contributed by atoms with Crippen molar-refractivity contribution in [2.24, 2.45) is 0 Å². The third-order valence-corrected chi connectivity index (χ3v) is 9.45. The number of hydrogen-bond acceptors (Lipinski definition) is 3. The van der Waals surface area contributed by atoms with Crippen molar-refractivity contribution < 1.29 is 14.2 Å². The molecule has 0 spiro atoms. The molecule has 4 aromatic carbocycles. The van der Waals surface area contributed by atoms with Crippen LogP contribution in [0.15, 0.2) is 84.9 Å². The average molecular weight is 481 g/mol. The first-order valence-electron chi connectivity index (χ1n) is 11.7. The summed E-state index contributed by atoms with van der Waals surface area (Å²) in [5.41, 5.74) is 5.21. The lowest BCUT2D eigenvalue weighted by Crippen LogP contribution is -2.23. The van der Waals surface area contributed by atoms with Gasteiger partial charge in [0.25, 0.3) is 0 Å². The second-order valence-electron chi connectivity index (χ2n) is 9.05. The van der Waals surface area contributed by atoms with Gasteiger partial charge in [0, 0.05) is 16.4 Å². The predicted molar refractivity (Wildman–Crippen MR) is 144 cm³/mol. The van der Waals surface area contributed by atoms with E-state index >= 15 is 0 Å². The van der Waals surface area contributed by atoms with Crippen LogP contribution in [0.4, 0.5) is 0 Å². The van der Waals surface area contributed by atoms with Crippen LogP contribution in [0.25, 0.3) is 11.1 Å². The topological polar surface area (TPSA) is 51.2 Å². The zero-order valence-electron chi connectivity index (χ0n) is 20.8. The van der Waals surface area contributed by atoms with Gasteiger partial charge in [0.05, 0.1) is 0 Å². The molecule has 4 rings (SSSR count). The summed E-state index contributed by atoms with van der Waals surface area (Å²) < 4.78 is 15.0. The molecule has 0 saturated carbocycles. The summed E-state index contributed by atoms with van der Waals surface area (Å²) in [5.74, 6) is 0. The van der Waals surface area contributed by atoms with Gasteiger partial charge in [-0.3, -0.25) is 9.59 Å². The maximum atomic E-state index is 15.0. The van der Waals surface area contributed by atoms with Crippen molar-refractivity contribution in [3.05, 3.63) is 124 Å². The fraction of sp³-hybridized carbons (Fsp3) is 0.161.